The van der Waals surface area contributed by atoms with E-state index in [1.807, 2.05) is 13.8 Å². The number of rotatable bonds is 1. The van der Waals surface area contributed by atoms with E-state index in [0.29, 0.717) is 25.7 Å². The zero-order valence-corrected chi connectivity index (χ0v) is 14.4. The minimum absolute atomic E-state index is 0. The topological polar surface area (TPSA) is 59.2 Å². The van der Waals surface area contributed by atoms with Gasteiger partial charge in [-0.3, -0.25) is 9.78 Å². The maximum absolute atomic E-state index is 12.5. The van der Waals surface area contributed by atoms with Crippen molar-refractivity contribution >= 4 is 30.7 Å². The third-order valence-electron chi connectivity index (χ3n) is 3.91. The van der Waals surface area contributed by atoms with E-state index in [1.54, 1.807) is 4.90 Å². The van der Waals surface area contributed by atoms with Crippen LogP contribution in [0.5, 0.6) is 0 Å². The highest BCUT2D eigenvalue weighted by molar-refractivity contribution is 5.92. The normalized spacial score (nSPS) is 20.3. The fraction of sp³-hybridized carbons (Fsp3) is 0.571. The van der Waals surface area contributed by atoms with Crippen molar-refractivity contribution in [3.05, 3.63) is 29.6 Å². The molecule has 1 aliphatic heterocycles. The second kappa shape index (κ2) is 7.68. The Labute approximate surface area is 145 Å². The fourth-order valence-electron chi connectivity index (χ4n) is 2.40. The molecule has 0 bridgehead atoms. The van der Waals surface area contributed by atoms with Crippen LogP contribution in [0.25, 0.3) is 0 Å². The van der Waals surface area contributed by atoms with Crippen LogP contribution in [0, 0.1) is 5.41 Å². The number of alkyl halides is 3. The van der Waals surface area contributed by atoms with E-state index in [9.17, 15) is 18.0 Å². The number of nitrogens with two attached hydrogens (primary N) is 1. The summed E-state index contributed by atoms with van der Waals surface area (Å²) in [5.74, 6) is -0.358. The Balaban J connectivity index is 0.00000242. The van der Waals surface area contributed by atoms with E-state index in [0.717, 1.165) is 12.1 Å². The molecule has 0 aliphatic carbocycles. The second-order valence-corrected chi connectivity index (χ2v) is 6.04. The Morgan fingerprint density at radius 3 is 2.39 bits per heavy atom. The molecule has 0 radical (unpaired) electrons. The lowest BCUT2D eigenvalue weighted by atomic mass is 9.79. The molecule has 132 valence electrons. The predicted molar refractivity (Wildman–Crippen MR) is 86.0 cm³/mol. The van der Waals surface area contributed by atoms with Crippen LogP contribution < -0.4 is 5.73 Å². The van der Waals surface area contributed by atoms with Crippen molar-refractivity contribution in [3.8, 4) is 0 Å². The maximum atomic E-state index is 12.5. The van der Waals surface area contributed by atoms with Gasteiger partial charge in [0.25, 0.3) is 5.91 Å². The van der Waals surface area contributed by atoms with Crippen LogP contribution >= 0.6 is 24.8 Å². The van der Waals surface area contributed by atoms with Gasteiger partial charge in [0.15, 0.2) is 0 Å². The first kappa shape index (κ1) is 21.9. The molecule has 0 aromatic carbocycles. The highest BCUT2D eigenvalue weighted by Crippen LogP contribution is 2.30. The number of hydrogen-bond acceptors (Lipinski definition) is 3. The molecule has 4 nitrogen and oxygen atoms in total. The standard InChI is InChI=1S/C14H18F3N3O.2ClH/c1-13(2)8-20(6-5-11(13)18)12(21)10-4-3-9(7-19-10)14(15,16)17;;/h3-4,7,11H,5-6,8,18H2,1-2H3;2*1H. The van der Waals surface area contributed by atoms with Crippen molar-refractivity contribution in [2.45, 2.75) is 32.5 Å². The SMILES string of the molecule is CC1(C)CN(C(=O)c2ccc(C(F)(F)F)cn2)CCC1N.Cl.Cl. The molecule has 1 saturated heterocycles. The van der Waals surface area contributed by atoms with E-state index in [1.165, 1.54) is 0 Å². The third-order valence-corrected chi connectivity index (χ3v) is 3.91. The highest BCUT2D eigenvalue weighted by atomic mass is 35.5. The lowest BCUT2D eigenvalue weighted by molar-refractivity contribution is -0.137. The molecule has 0 saturated carbocycles. The Kier molecular flexibility index (Phi) is 7.33. The van der Waals surface area contributed by atoms with Crippen molar-refractivity contribution in [3.63, 3.8) is 0 Å². The van der Waals surface area contributed by atoms with Gasteiger partial charge in [0.05, 0.1) is 5.56 Å². The number of carbonyl (C=O) groups excluding carboxylic acids is 1. The lowest BCUT2D eigenvalue weighted by Gasteiger charge is -2.42. The van der Waals surface area contributed by atoms with Gasteiger partial charge in [0.1, 0.15) is 5.69 Å². The lowest BCUT2D eigenvalue weighted by Crippen LogP contribution is -2.54. The molecule has 1 aromatic heterocycles. The van der Waals surface area contributed by atoms with E-state index in [4.69, 9.17) is 5.73 Å². The molecule has 9 heteroatoms. The first-order valence-electron chi connectivity index (χ1n) is 6.69. The number of pyridine rings is 1. The molecule has 1 aliphatic rings. The number of hydrogen-bond donors (Lipinski definition) is 1. The summed E-state index contributed by atoms with van der Waals surface area (Å²) in [7, 11) is 0. The summed E-state index contributed by atoms with van der Waals surface area (Å²) in [5.41, 5.74) is 4.94. The van der Waals surface area contributed by atoms with Crippen LogP contribution in [-0.4, -0.2) is 34.9 Å². The Bertz CT molecular complexity index is 535. The number of carbonyl (C=O) groups is 1. The molecule has 1 amide bonds. The van der Waals surface area contributed by atoms with Gasteiger partial charge in [-0.2, -0.15) is 13.2 Å². The summed E-state index contributed by atoms with van der Waals surface area (Å²) >= 11 is 0. The molecule has 2 N–H and O–H groups in total. The van der Waals surface area contributed by atoms with Crippen LogP contribution in [0.3, 0.4) is 0 Å². The summed E-state index contributed by atoms with van der Waals surface area (Å²) in [6.45, 7) is 4.90. The molecule has 1 fully saturated rings. The zero-order valence-electron chi connectivity index (χ0n) is 12.8. The highest BCUT2D eigenvalue weighted by Gasteiger charge is 2.36. The fourth-order valence-corrected chi connectivity index (χ4v) is 2.40. The number of halogens is 5. The molecule has 2 heterocycles. The van der Waals surface area contributed by atoms with Crippen molar-refractivity contribution in [2.24, 2.45) is 11.1 Å². The van der Waals surface area contributed by atoms with Gasteiger partial charge in [-0.25, -0.2) is 0 Å². The van der Waals surface area contributed by atoms with Gasteiger partial charge in [-0.15, -0.1) is 24.8 Å². The zero-order chi connectivity index (χ0) is 15.8. The van der Waals surface area contributed by atoms with Gasteiger partial charge in [0, 0.05) is 25.3 Å². The number of likely N-dealkylation sites (tertiary alicyclic amines) is 1. The van der Waals surface area contributed by atoms with E-state index in [2.05, 4.69) is 4.98 Å². The molecule has 1 aromatic rings. The first-order chi connectivity index (χ1) is 9.61. The minimum atomic E-state index is -4.45. The Hall–Kier alpha value is -1.05. The minimum Gasteiger partial charge on any atom is -0.337 e. The van der Waals surface area contributed by atoms with Gasteiger partial charge >= 0.3 is 6.18 Å². The Morgan fingerprint density at radius 2 is 1.96 bits per heavy atom. The summed E-state index contributed by atoms with van der Waals surface area (Å²) in [4.78, 5) is 17.5. The maximum Gasteiger partial charge on any atom is 0.417 e. The van der Waals surface area contributed by atoms with Crippen LogP contribution in [0.15, 0.2) is 18.3 Å². The summed E-state index contributed by atoms with van der Waals surface area (Å²) in [5, 5.41) is 0. The number of amides is 1. The number of nitrogens with zero attached hydrogens (tertiary/aromatic N) is 2. The number of piperidine rings is 1. The molecule has 2 rings (SSSR count). The van der Waals surface area contributed by atoms with Gasteiger partial charge in [-0.1, -0.05) is 13.8 Å². The summed E-state index contributed by atoms with van der Waals surface area (Å²) in [6, 6.07) is 2.00. The molecule has 0 spiro atoms. The average molecular weight is 374 g/mol. The quantitative estimate of drug-likeness (QED) is 0.822. The summed E-state index contributed by atoms with van der Waals surface area (Å²) in [6.07, 6.45) is -3.10. The van der Waals surface area contributed by atoms with Gasteiger partial charge < -0.3 is 10.6 Å². The molecular weight excluding hydrogens is 354 g/mol. The Morgan fingerprint density at radius 1 is 1.35 bits per heavy atom. The van der Waals surface area contributed by atoms with Crippen LogP contribution in [0.4, 0.5) is 13.2 Å². The van der Waals surface area contributed by atoms with Crippen molar-refractivity contribution in [1.82, 2.24) is 9.88 Å². The predicted octanol–water partition coefficient (Wildman–Crippen LogP) is 3.14. The van der Waals surface area contributed by atoms with Gasteiger partial charge in [-0.05, 0) is 24.0 Å². The molecule has 1 atom stereocenters. The van der Waals surface area contributed by atoms with Crippen molar-refractivity contribution in [1.29, 1.82) is 0 Å². The summed E-state index contributed by atoms with van der Waals surface area (Å²) < 4.78 is 37.4. The number of aromatic nitrogens is 1. The average Bonchev–Trinajstić information content (AvgIpc) is 2.40. The van der Waals surface area contributed by atoms with Crippen LogP contribution in [0.1, 0.15) is 36.3 Å². The monoisotopic (exact) mass is 373 g/mol. The molecular formula is C14H20Cl2F3N3O. The first-order valence-corrected chi connectivity index (χ1v) is 6.69. The van der Waals surface area contributed by atoms with Crippen LogP contribution in [-0.2, 0) is 6.18 Å². The second-order valence-electron chi connectivity index (χ2n) is 6.04. The van der Waals surface area contributed by atoms with E-state index < -0.39 is 11.7 Å². The molecule has 23 heavy (non-hydrogen) atoms. The van der Waals surface area contributed by atoms with E-state index >= 15 is 0 Å². The molecule has 1 unspecified atom stereocenters. The third kappa shape index (κ3) is 4.96. The van der Waals surface area contributed by atoms with Crippen molar-refractivity contribution in [2.75, 3.05) is 13.1 Å². The van der Waals surface area contributed by atoms with Crippen LogP contribution in [0.2, 0.25) is 0 Å². The smallest absolute Gasteiger partial charge is 0.337 e. The van der Waals surface area contributed by atoms with Gasteiger partial charge in [0.2, 0.25) is 0 Å². The van der Waals surface area contributed by atoms with Crippen molar-refractivity contribution < 1.29 is 18.0 Å². The largest absolute Gasteiger partial charge is 0.417 e. The van der Waals surface area contributed by atoms with E-state index in [-0.39, 0.29) is 47.9 Å².